The Kier molecular flexibility index (Phi) is 6.67. The zero-order valence-electron chi connectivity index (χ0n) is 13.1. The maximum Gasteiger partial charge on any atom is 0.144 e. The van der Waals surface area contributed by atoms with E-state index in [-0.39, 0.29) is 0 Å². The van der Waals surface area contributed by atoms with E-state index in [1.807, 2.05) is 18.2 Å². The third kappa shape index (κ3) is 5.12. The molecule has 118 valence electrons. The number of anilines is 2. The molecule has 3 N–H and O–H groups in total. The summed E-state index contributed by atoms with van der Waals surface area (Å²) in [7, 11) is 0. The lowest BCUT2D eigenvalue weighted by molar-refractivity contribution is 0.0347. The summed E-state index contributed by atoms with van der Waals surface area (Å²) in [5, 5.41) is 3.34. The van der Waals surface area contributed by atoms with Gasteiger partial charge in [0, 0.05) is 6.54 Å². The van der Waals surface area contributed by atoms with E-state index < -0.39 is 0 Å². The summed E-state index contributed by atoms with van der Waals surface area (Å²) in [4.78, 5) is 0. The molecule has 0 saturated heterocycles. The predicted molar refractivity (Wildman–Crippen MR) is 88.0 cm³/mol. The number of nitrogens with two attached hydrogens (primary N) is 1. The quantitative estimate of drug-likeness (QED) is 0.565. The van der Waals surface area contributed by atoms with Crippen molar-refractivity contribution >= 4 is 11.4 Å². The Morgan fingerprint density at radius 3 is 2.76 bits per heavy atom. The molecule has 4 nitrogen and oxygen atoms in total. The number of benzene rings is 1. The number of para-hydroxylation sites is 1. The fourth-order valence-electron chi connectivity index (χ4n) is 2.68. The van der Waals surface area contributed by atoms with Gasteiger partial charge in [0.1, 0.15) is 5.75 Å². The van der Waals surface area contributed by atoms with E-state index in [1.165, 1.54) is 32.1 Å². The Bertz CT molecular complexity index is 417. The summed E-state index contributed by atoms with van der Waals surface area (Å²) in [6.07, 6.45) is 7.83. The highest BCUT2D eigenvalue weighted by Gasteiger charge is 2.13. The molecule has 1 aromatic carbocycles. The maximum absolute atomic E-state index is 6.12. The van der Waals surface area contributed by atoms with Crippen LogP contribution in [0.25, 0.3) is 0 Å². The first-order valence-corrected chi connectivity index (χ1v) is 8.18. The minimum absolute atomic E-state index is 0.456. The van der Waals surface area contributed by atoms with Gasteiger partial charge in [0.15, 0.2) is 0 Å². The van der Waals surface area contributed by atoms with Gasteiger partial charge in [-0.05, 0) is 31.4 Å². The second kappa shape index (κ2) is 8.78. The maximum atomic E-state index is 6.12. The molecular weight excluding hydrogens is 264 g/mol. The standard InChI is InChI=1S/C17H28N2O2/c1-2-12-21-16-10-6-9-15(17(16)18)19-11-13-20-14-7-4-3-5-8-14/h6,9-10,14,19H,2-5,7-8,11-13,18H2,1H3. The van der Waals surface area contributed by atoms with Crippen LogP contribution in [0.5, 0.6) is 5.75 Å². The first-order valence-electron chi connectivity index (χ1n) is 8.18. The van der Waals surface area contributed by atoms with Gasteiger partial charge in [-0.2, -0.15) is 0 Å². The Morgan fingerprint density at radius 1 is 1.19 bits per heavy atom. The number of hydrogen-bond acceptors (Lipinski definition) is 4. The predicted octanol–water partition coefficient (Wildman–Crippen LogP) is 3.82. The van der Waals surface area contributed by atoms with Gasteiger partial charge >= 0.3 is 0 Å². The fourth-order valence-corrected chi connectivity index (χ4v) is 2.68. The number of nitrogen functional groups attached to an aromatic ring is 1. The lowest BCUT2D eigenvalue weighted by Gasteiger charge is -2.22. The van der Waals surface area contributed by atoms with Crippen LogP contribution in [0.3, 0.4) is 0 Å². The normalized spacial score (nSPS) is 15.9. The zero-order chi connectivity index (χ0) is 14.9. The Hall–Kier alpha value is -1.42. The van der Waals surface area contributed by atoms with Crippen LogP contribution in [0.1, 0.15) is 45.4 Å². The van der Waals surface area contributed by atoms with Gasteiger partial charge in [0.05, 0.1) is 30.7 Å². The van der Waals surface area contributed by atoms with E-state index in [0.29, 0.717) is 18.4 Å². The molecule has 1 aliphatic rings. The molecule has 0 amide bonds. The van der Waals surface area contributed by atoms with E-state index in [4.69, 9.17) is 15.2 Å². The van der Waals surface area contributed by atoms with Gasteiger partial charge < -0.3 is 20.5 Å². The van der Waals surface area contributed by atoms with Crippen molar-refractivity contribution in [2.24, 2.45) is 0 Å². The summed E-state index contributed by atoms with van der Waals surface area (Å²) < 4.78 is 11.5. The molecule has 0 atom stereocenters. The molecule has 0 unspecified atom stereocenters. The molecule has 1 aliphatic carbocycles. The molecule has 2 rings (SSSR count). The van der Waals surface area contributed by atoms with Crippen LogP contribution in [0.4, 0.5) is 11.4 Å². The summed E-state index contributed by atoms with van der Waals surface area (Å²) in [6.45, 7) is 4.28. The van der Waals surface area contributed by atoms with Crippen LogP contribution < -0.4 is 15.8 Å². The van der Waals surface area contributed by atoms with Crippen molar-refractivity contribution in [3.63, 3.8) is 0 Å². The first kappa shape index (κ1) is 16.0. The molecule has 21 heavy (non-hydrogen) atoms. The van der Waals surface area contributed by atoms with Crippen molar-refractivity contribution in [3.8, 4) is 5.75 Å². The summed E-state index contributed by atoms with van der Waals surface area (Å²) in [5.41, 5.74) is 7.73. The summed E-state index contributed by atoms with van der Waals surface area (Å²) in [6, 6.07) is 5.86. The largest absolute Gasteiger partial charge is 0.491 e. The lowest BCUT2D eigenvalue weighted by atomic mass is 9.98. The van der Waals surface area contributed by atoms with Gasteiger partial charge in [-0.1, -0.05) is 32.3 Å². The second-order valence-corrected chi connectivity index (χ2v) is 5.62. The van der Waals surface area contributed by atoms with Gasteiger partial charge in [0.25, 0.3) is 0 Å². The SMILES string of the molecule is CCCOc1cccc(NCCOC2CCCCC2)c1N. The number of rotatable bonds is 8. The topological polar surface area (TPSA) is 56.5 Å². The van der Waals surface area contributed by atoms with Crippen molar-refractivity contribution < 1.29 is 9.47 Å². The average Bonchev–Trinajstić information content (AvgIpc) is 2.53. The molecule has 1 fully saturated rings. The molecule has 4 heteroatoms. The molecule has 0 aliphatic heterocycles. The monoisotopic (exact) mass is 292 g/mol. The van der Waals surface area contributed by atoms with E-state index in [0.717, 1.165) is 31.0 Å². The molecule has 1 aromatic rings. The summed E-state index contributed by atoms with van der Waals surface area (Å²) >= 11 is 0. The van der Waals surface area contributed by atoms with Crippen LogP contribution >= 0.6 is 0 Å². The van der Waals surface area contributed by atoms with Crippen LogP contribution in [-0.2, 0) is 4.74 Å². The third-order valence-corrected chi connectivity index (χ3v) is 3.85. The van der Waals surface area contributed by atoms with E-state index in [9.17, 15) is 0 Å². The molecule has 0 radical (unpaired) electrons. The minimum Gasteiger partial charge on any atom is -0.491 e. The molecule has 0 heterocycles. The van der Waals surface area contributed by atoms with Crippen molar-refractivity contribution in [3.05, 3.63) is 18.2 Å². The minimum atomic E-state index is 0.456. The molecule has 1 saturated carbocycles. The average molecular weight is 292 g/mol. The van der Waals surface area contributed by atoms with Crippen molar-refractivity contribution in [1.29, 1.82) is 0 Å². The third-order valence-electron chi connectivity index (χ3n) is 3.85. The highest BCUT2D eigenvalue weighted by Crippen LogP contribution is 2.29. The fraction of sp³-hybridized carbons (Fsp3) is 0.647. The van der Waals surface area contributed by atoms with E-state index >= 15 is 0 Å². The van der Waals surface area contributed by atoms with Crippen molar-refractivity contribution in [1.82, 2.24) is 0 Å². The highest BCUT2D eigenvalue weighted by molar-refractivity contribution is 5.72. The smallest absolute Gasteiger partial charge is 0.144 e. The number of hydrogen-bond donors (Lipinski definition) is 2. The Balaban J connectivity index is 1.74. The van der Waals surface area contributed by atoms with Gasteiger partial charge in [-0.15, -0.1) is 0 Å². The first-order chi connectivity index (χ1) is 10.3. The lowest BCUT2D eigenvalue weighted by Crippen LogP contribution is -2.20. The van der Waals surface area contributed by atoms with Crippen molar-refractivity contribution in [2.45, 2.75) is 51.6 Å². The van der Waals surface area contributed by atoms with Gasteiger partial charge in [-0.25, -0.2) is 0 Å². The second-order valence-electron chi connectivity index (χ2n) is 5.62. The number of ether oxygens (including phenoxy) is 2. The number of nitrogens with one attached hydrogen (secondary N) is 1. The summed E-state index contributed by atoms with van der Waals surface area (Å²) in [5.74, 6) is 0.759. The molecule has 0 spiro atoms. The molecule has 0 bridgehead atoms. The van der Waals surface area contributed by atoms with Crippen LogP contribution in [0.15, 0.2) is 18.2 Å². The molecular formula is C17H28N2O2. The van der Waals surface area contributed by atoms with Crippen LogP contribution in [-0.4, -0.2) is 25.9 Å². The van der Waals surface area contributed by atoms with E-state index in [1.54, 1.807) is 0 Å². The van der Waals surface area contributed by atoms with Crippen LogP contribution in [0, 0.1) is 0 Å². The zero-order valence-corrected chi connectivity index (χ0v) is 13.1. The van der Waals surface area contributed by atoms with Crippen LogP contribution in [0.2, 0.25) is 0 Å². The highest BCUT2D eigenvalue weighted by atomic mass is 16.5. The Morgan fingerprint density at radius 2 is 2.00 bits per heavy atom. The Labute approximate surface area is 128 Å². The van der Waals surface area contributed by atoms with Gasteiger partial charge in [0.2, 0.25) is 0 Å². The van der Waals surface area contributed by atoms with Crippen molar-refractivity contribution in [2.75, 3.05) is 30.8 Å². The molecule has 0 aromatic heterocycles. The van der Waals surface area contributed by atoms with Gasteiger partial charge in [-0.3, -0.25) is 0 Å². The van der Waals surface area contributed by atoms with E-state index in [2.05, 4.69) is 12.2 Å².